The maximum Gasteiger partial charge on any atom is 0.272 e. The van der Waals surface area contributed by atoms with Crippen molar-refractivity contribution in [2.75, 3.05) is 26.2 Å². The highest BCUT2D eigenvalue weighted by molar-refractivity contribution is 5.92. The van der Waals surface area contributed by atoms with E-state index in [4.69, 9.17) is 0 Å². The zero-order chi connectivity index (χ0) is 13.7. The number of carbonyl (C=O) groups is 1. The Bertz CT molecular complexity index is 415. The summed E-state index contributed by atoms with van der Waals surface area (Å²) in [6.07, 6.45) is 3.39. The van der Waals surface area contributed by atoms with Gasteiger partial charge < -0.3 is 10.2 Å². The summed E-state index contributed by atoms with van der Waals surface area (Å²) in [5, 5.41) is 3.35. The van der Waals surface area contributed by atoms with Gasteiger partial charge in [-0.05, 0) is 50.9 Å². The van der Waals surface area contributed by atoms with Crippen LogP contribution >= 0.6 is 0 Å². The van der Waals surface area contributed by atoms with Gasteiger partial charge in [0.05, 0.1) is 6.20 Å². The van der Waals surface area contributed by atoms with Crippen LogP contribution in [0.2, 0.25) is 0 Å². The van der Waals surface area contributed by atoms with Crippen LogP contribution in [0.25, 0.3) is 0 Å². The highest BCUT2D eigenvalue weighted by Crippen LogP contribution is 2.13. The summed E-state index contributed by atoms with van der Waals surface area (Å²) < 4.78 is 12.8. The number of halogens is 1. The van der Waals surface area contributed by atoms with E-state index in [1.165, 1.54) is 12.1 Å². The van der Waals surface area contributed by atoms with E-state index < -0.39 is 5.82 Å². The van der Waals surface area contributed by atoms with E-state index in [-0.39, 0.29) is 5.91 Å². The molecule has 0 aromatic carbocycles. The van der Waals surface area contributed by atoms with Gasteiger partial charge in [-0.1, -0.05) is 0 Å². The third-order valence-electron chi connectivity index (χ3n) is 3.49. The largest absolute Gasteiger partial charge is 0.337 e. The van der Waals surface area contributed by atoms with E-state index in [0.29, 0.717) is 18.2 Å². The van der Waals surface area contributed by atoms with Crippen molar-refractivity contribution in [1.82, 2.24) is 15.2 Å². The molecule has 1 saturated heterocycles. The lowest BCUT2D eigenvalue weighted by Crippen LogP contribution is -2.41. The van der Waals surface area contributed by atoms with E-state index in [1.54, 1.807) is 4.90 Å². The zero-order valence-electron chi connectivity index (χ0n) is 11.2. The minimum atomic E-state index is -0.420. The standard InChI is InChI=1S/C14H20FN3O/c1-2-18(10-11-4-3-7-16-8-11)14(19)13-6-5-12(15)9-17-13/h5-6,9,11,16H,2-4,7-8,10H2,1H3. The first-order valence-corrected chi connectivity index (χ1v) is 6.82. The minimum Gasteiger partial charge on any atom is -0.337 e. The van der Waals surface area contributed by atoms with Crippen molar-refractivity contribution in [3.05, 3.63) is 29.8 Å². The van der Waals surface area contributed by atoms with Gasteiger partial charge >= 0.3 is 0 Å². The normalized spacial score (nSPS) is 19.2. The molecule has 19 heavy (non-hydrogen) atoms. The molecule has 1 aromatic heterocycles. The van der Waals surface area contributed by atoms with Crippen molar-refractivity contribution >= 4 is 5.91 Å². The van der Waals surface area contributed by atoms with Crippen molar-refractivity contribution in [2.24, 2.45) is 5.92 Å². The van der Waals surface area contributed by atoms with Gasteiger partial charge in [0.1, 0.15) is 11.5 Å². The Labute approximate surface area is 113 Å². The quantitative estimate of drug-likeness (QED) is 0.901. The summed E-state index contributed by atoms with van der Waals surface area (Å²) in [4.78, 5) is 17.9. The first-order chi connectivity index (χ1) is 9.20. The first kappa shape index (κ1) is 13.9. The van der Waals surface area contributed by atoms with Crippen LogP contribution in [0, 0.1) is 11.7 Å². The average molecular weight is 265 g/mol. The van der Waals surface area contributed by atoms with Crippen LogP contribution in [0.5, 0.6) is 0 Å². The molecule has 1 amide bonds. The van der Waals surface area contributed by atoms with Gasteiger partial charge in [-0.15, -0.1) is 0 Å². The summed E-state index contributed by atoms with van der Waals surface area (Å²) in [5.74, 6) is -0.0396. The second kappa shape index (κ2) is 6.61. The molecule has 1 aromatic rings. The molecule has 2 heterocycles. The van der Waals surface area contributed by atoms with Crippen molar-refractivity contribution in [1.29, 1.82) is 0 Å². The number of pyridine rings is 1. The topological polar surface area (TPSA) is 45.2 Å². The van der Waals surface area contributed by atoms with Crippen LogP contribution in [0.15, 0.2) is 18.3 Å². The molecule has 1 fully saturated rings. The summed E-state index contributed by atoms with van der Waals surface area (Å²) in [6.45, 7) is 5.37. The van der Waals surface area contributed by atoms with Crippen molar-refractivity contribution < 1.29 is 9.18 Å². The second-order valence-corrected chi connectivity index (χ2v) is 4.92. The number of amides is 1. The Morgan fingerprint density at radius 1 is 1.58 bits per heavy atom. The molecule has 2 rings (SSSR count). The summed E-state index contributed by atoms with van der Waals surface area (Å²) >= 11 is 0. The summed E-state index contributed by atoms with van der Waals surface area (Å²) in [5.41, 5.74) is 0.312. The number of carbonyl (C=O) groups excluding carboxylic acids is 1. The molecule has 0 saturated carbocycles. The summed E-state index contributed by atoms with van der Waals surface area (Å²) in [7, 11) is 0. The lowest BCUT2D eigenvalue weighted by molar-refractivity contribution is 0.0723. The maximum atomic E-state index is 12.8. The molecule has 1 aliphatic rings. The molecule has 1 atom stereocenters. The van der Waals surface area contributed by atoms with E-state index in [2.05, 4.69) is 10.3 Å². The first-order valence-electron chi connectivity index (χ1n) is 6.82. The number of hydrogen-bond acceptors (Lipinski definition) is 3. The number of nitrogens with zero attached hydrogens (tertiary/aromatic N) is 2. The van der Waals surface area contributed by atoms with E-state index in [0.717, 1.165) is 38.7 Å². The van der Waals surface area contributed by atoms with Crippen LogP contribution in [0.4, 0.5) is 4.39 Å². The molecule has 104 valence electrons. The lowest BCUT2D eigenvalue weighted by atomic mass is 9.99. The predicted molar refractivity (Wildman–Crippen MR) is 71.4 cm³/mol. The molecular formula is C14H20FN3O. The SMILES string of the molecule is CCN(CC1CCCNC1)C(=O)c1ccc(F)cn1. The van der Waals surface area contributed by atoms with Gasteiger partial charge in [0.25, 0.3) is 5.91 Å². The molecular weight excluding hydrogens is 245 g/mol. The van der Waals surface area contributed by atoms with Crippen LogP contribution in [-0.2, 0) is 0 Å². The Morgan fingerprint density at radius 3 is 3.00 bits per heavy atom. The monoisotopic (exact) mass is 265 g/mol. The van der Waals surface area contributed by atoms with Gasteiger partial charge in [0, 0.05) is 13.1 Å². The number of rotatable bonds is 4. The number of hydrogen-bond donors (Lipinski definition) is 1. The van der Waals surface area contributed by atoms with Gasteiger partial charge in [-0.3, -0.25) is 4.79 Å². The molecule has 0 bridgehead atoms. The fourth-order valence-corrected chi connectivity index (χ4v) is 2.41. The maximum absolute atomic E-state index is 12.8. The van der Waals surface area contributed by atoms with E-state index in [1.807, 2.05) is 6.92 Å². The Kier molecular flexibility index (Phi) is 4.85. The van der Waals surface area contributed by atoms with Crippen molar-refractivity contribution in [3.8, 4) is 0 Å². The average Bonchev–Trinajstić information content (AvgIpc) is 2.46. The predicted octanol–water partition coefficient (Wildman–Crippen LogP) is 1.68. The number of piperidine rings is 1. The van der Waals surface area contributed by atoms with Gasteiger partial charge in [-0.25, -0.2) is 9.37 Å². The van der Waals surface area contributed by atoms with Gasteiger partial charge in [0.15, 0.2) is 0 Å². The Hall–Kier alpha value is -1.49. The van der Waals surface area contributed by atoms with Crippen molar-refractivity contribution in [3.63, 3.8) is 0 Å². The second-order valence-electron chi connectivity index (χ2n) is 4.92. The van der Waals surface area contributed by atoms with Crippen molar-refractivity contribution in [2.45, 2.75) is 19.8 Å². The summed E-state index contributed by atoms with van der Waals surface area (Å²) in [6, 6.07) is 2.72. The van der Waals surface area contributed by atoms with Crippen LogP contribution < -0.4 is 5.32 Å². The molecule has 1 aliphatic heterocycles. The van der Waals surface area contributed by atoms with Gasteiger partial charge in [-0.2, -0.15) is 0 Å². The van der Waals surface area contributed by atoms with Gasteiger partial charge in [0.2, 0.25) is 0 Å². The molecule has 0 aliphatic carbocycles. The van der Waals surface area contributed by atoms with Crippen LogP contribution in [0.1, 0.15) is 30.3 Å². The van der Waals surface area contributed by atoms with Crippen LogP contribution in [-0.4, -0.2) is 42.0 Å². The minimum absolute atomic E-state index is 0.118. The fraction of sp³-hybridized carbons (Fsp3) is 0.571. The highest BCUT2D eigenvalue weighted by Gasteiger charge is 2.21. The van der Waals surface area contributed by atoms with Crippen LogP contribution in [0.3, 0.4) is 0 Å². The number of aromatic nitrogens is 1. The smallest absolute Gasteiger partial charge is 0.272 e. The molecule has 0 spiro atoms. The van der Waals surface area contributed by atoms with E-state index >= 15 is 0 Å². The molecule has 4 nitrogen and oxygen atoms in total. The fourth-order valence-electron chi connectivity index (χ4n) is 2.41. The third kappa shape index (κ3) is 3.73. The molecule has 1 N–H and O–H groups in total. The number of nitrogens with one attached hydrogen (secondary N) is 1. The Morgan fingerprint density at radius 2 is 2.42 bits per heavy atom. The lowest BCUT2D eigenvalue weighted by Gasteiger charge is -2.29. The molecule has 1 unspecified atom stereocenters. The third-order valence-corrected chi connectivity index (χ3v) is 3.49. The highest BCUT2D eigenvalue weighted by atomic mass is 19.1. The molecule has 0 radical (unpaired) electrons. The Balaban J connectivity index is 1.99. The zero-order valence-corrected chi connectivity index (χ0v) is 11.2. The van der Waals surface area contributed by atoms with E-state index in [9.17, 15) is 9.18 Å². The molecule has 5 heteroatoms.